The summed E-state index contributed by atoms with van der Waals surface area (Å²) >= 11 is 0. The first-order valence-corrected chi connectivity index (χ1v) is 6.57. The lowest BCUT2D eigenvalue weighted by molar-refractivity contribution is 0.0473. The van der Waals surface area contributed by atoms with Gasteiger partial charge in [-0.1, -0.05) is 30.3 Å². The van der Waals surface area contributed by atoms with E-state index in [2.05, 4.69) is 6.92 Å². The average molecular weight is 269 g/mol. The summed E-state index contributed by atoms with van der Waals surface area (Å²) in [6.07, 6.45) is 0. The van der Waals surface area contributed by atoms with Gasteiger partial charge in [-0.25, -0.2) is 4.79 Å². The number of rotatable bonds is 3. The summed E-state index contributed by atoms with van der Waals surface area (Å²) in [6.45, 7) is 6.20. The maximum Gasteiger partial charge on any atom is 0.340 e. The summed E-state index contributed by atoms with van der Waals surface area (Å²) in [7, 11) is 0. The molecule has 3 nitrogen and oxygen atoms in total. The summed E-state index contributed by atoms with van der Waals surface area (Å²) in [5, 5.41) is 0. The SMILES string of the molecule is Cc1ccc(COC(=O)c2c(C)cccc2N)cc1C. The third-order valence-electron chi connectivity index (χ3n) is 3.45. The lowest BCUT2D eigenvalue weighted by atomic mass is 10.1. The van der Waals surface area contributed by atoms with E-state index in [1.807, 2.05) is 44.2 Å². The van der Waals surface area contributed by atoms with Crippen molar-refractivity contribution < 1.29 is 9.53 Å². The van der Waals surface area contributed by atoms with Gasteiger partial charge in [0, 0.05) is 5.69 Å². The minimum absolute atomic E-state index is 0.258. The summed E-state index contributed by atoms with van der Waals surface area (Å²) in [5.74, 6) is -0.376. The first kappa shape index (κ1) is 14.1. The molecule has 3 heteroatoms. The van der Waals surface area contributed by atoms with Crippen LogP contribution >= 0.6 is 0 Å². The highest BCUT2D eigenvalue weighted by molar-refractivity contribution is 5.96. The van der Waals surface area contributed by atoms with Crippen molar-refractivity contribution in [3.05, 3.63) is 64.2 Å². The second kappa shape index (κ2) is 5.78. The van der Waals surface area contributed by atoms with Crippen LogP contribution in [0.4, 0.5) is 5.69 Å². The summed E-state index contributed by atoms with van der Waals surface area (Å²) in [4.78, 5) is 12.1. The van der Waals surface area contributed by atoms with Crippen LogP contribution in [0.5, 0.6) is 0 Å². The van der Waals surface area contributed by atoms with Crippen LogP contribution in [0.3, 0.4) is 0 Å². The summed E-state index contributed by atoms with van der Waals surface area (Å²) in [5.41, 5.74) is 11.0. The number of ether oxygens (including phenoxy) is 1. The van der Waals surface area contributed by atoms with E-state index in [9.17, 15) is 4.79 Å². The fraction of sp³-hybridized carbons (Fsp3) is 0.235. The monoisotopic (exact) mass is 269 g/mol. The Morgan fingerprint density at radius 1 is 1.05 bits per heavy atom. The number of carbonyl (C=O) groups is 1. The van der Waals surface area contributed by atoms with E-state index in [-0.39, 0.29) is 12.6 Å². The average Bonchev–Trinajstić information content (AvgIpc) is 2.40. The molecule has 0 bridgehead atoms. The molecule has 2 N–H and O–H groups in total. The van der Waals surface area contributed by atoms with Gasteiger partial charge in [-0.15, -0.1) is 0 Å². The van der Waals surface area contributed by atoms with E-state index >= 15 is 0 Å². The molecule has 2 rings (SSSR count). The Kier molecular flexibility index (Phi) is 4.08. The largest absolute Gasteiger partial charge is 0.457 e. The number of carbonyl (C=O) groups excluding carboxylic acids is 1. The van der Waals surface area contributed by atoms with Crippen LogP contribution < -0.4 is 5.73 Å². The van der Waals surface area contributed by atoms with E-state index in [0.717, 1.165) is 11.1 Å². The molecule has 20 heavy (non-hydrogen) atoms. The van der Waals surface area contributed by atoms with Crippen molar-refractivity contribution in [3.63, 3.8) is 0 Å². The molecule has 0 aliphatic rings. The molecular formula is C17H19NO2. The number of anilines is 1. The van der Waals surface area contributed by atoms with Crippen LogP contribution in [0.15, 0.2) is 36.4 Å². The Labute approximate surface area is 119 Å². The molecule has 0 aliphatic carbocycles. The van der Waals surface area contributed by atoms with E-state index in [1.54, 1.807) is 6.07 Å². The van der Waals surface area contributed by atoms with Gasteiger partial charge in [-0.3, -0.25) is 0 Å². The van der Waals surface area contributed by atoms with Crippen LogP contribution in [-0.2, 0) is 11.3 Å². The van der Waals surface area contributed by atoms with Crippen LogP contribution in [0, 0.1) is 20.8 Å². The third-order valence-corrected chi connectivity index (χ3v) is 3.45. The van der Waals surface area contributed by atoms with Crippen molar-refractivity contribution in [2.24, 2.45) is 0 Å². The molecule has 2 aromatic carbocycles. The minimum atomic E-state index is -0.376. The highest BCUT2D eigenvalue weighted by atomic mass is 16.5. The lowest BCUT2D eigenvalue weighted by Gasteiger charge is -2.10. The first-order chi connectivity index (χ1) is 9.49. The molecular weight excluding hydrogens is 250 g/mol. The van der Waals surface area contributed by atoms with Crippen molar-refractivity contribution in [2.45, 2.75) is 27.4 Å². The third kappa shape index (κ3) is 2.99. The van der Waals surface area contributed by atoms with Gasteiger partial charge < -0.3 is 10.5 Å². The van der Waals surface area contributed by atoms with Crippen molar-refractivity contribution in [1.82, 2.24) is 0 Å². The van der Waals surface area contributed by atoms with E-state index in [0.29, 0.717) is 11.3 Å². The Bertz CT molecular complexity index is 627. The van der Waals surface area contributed by atoms with Gasteiger partial charge in [0.15, 0.2) is 0 Å². The predicted molar refractivity (Wildman–Crippen MR) is 80.6 cm³/mol. The molecule has 0 aliphatic heterocycles. The van der Waals surface area contributed by atoms with Gasteiger partial charge in [0.25, 0.3) is 0 Å². The topological polar surface area (TPSA) is 52.3 Å². The van der Waals surface area contributed by atoms with Gasteiger partial charge in [-0.2, -0.15) is 0 Å². The zero-order chi connectivity index (χ0) is 14.7. The molecule has 0 saturated carbocycles. The number of aryl methyl sites for hydroxylation is 3. The molecule has 0 aromatic heterocycles. The molecule has 0 saturated heterocycles. The number of nitrogens with two attached hydrogens (primary N) is 1. The predicted octanol–water partition coefficient (Wildman–Crippen LogP) is 3.55. The second-order valence-corrected chi connectivity index (χ2v) is 5.03. The summed E-state index contributed by atoms with van der Waals surface area (Å²) < 4.78 is 5.35. The Morgan fingerprint density at radius 3 is 2.45 bits per heavy atom. The molecule has 0 unspecified atom stereocenters. The maximum atomic E-state index is 12.1. The summed E-state index contributed by atoms with van der Waals surface area (Å²) in [6, 6.07) is 11.4. The molecule has 2 aromatic rings. The molecule has 104 valence electrons. The Hall–Kier alpha value is -2.29. The van der Waals surface area contributed by atoms with Crippen LogP contribution in [-0.4, -0.2) is 5.97 Å². The number of esters is 1. The van der Waals surface area contributed by atoms with Crippen molar-refractivity contribution in [2.75, 3.05) is 5.73 Å². The smallest absolute Gasteiger partial charge is 0.340 e. The maximum absolute atomic E-state index is 12.1. The van der Waals surface area contributed by atoms with Gasteiger partial charge in [0.05, 0.1) is 5.56 Å². The quantitative estimate of drug-likeness (QED) is 0.684. The number of hydrogen-bond acceptors (Lipinski definition) is 3. The van der Waals surface area contributed by atoms with Gasteiger partial charge in [-0.05, 0) is 49.1 Å². The van der Waals surface area contributed by atoms with Gasteiger partial charge in [0.2, 0.25) is 0 Å². The van der Waals surface area contributed by atoms with Crippen LogP contribution in [0.2, 0.25) is 0 Å². The van der Waals surface area contributed by atoms with Gasteiger partial charge >= 0.3 is 5.97 Å². The molecule has 0 heterocycles. The minimum Gasteiger partial charge on any atom is -0.457 e. The molecule has 0 spiro atoms. The highest BCUT2D eigenvalue weighted by Gasteiger charge is 2.14. The first-order valence-electron chi connectivity index (χ1n) is 6.57. The zero-order valence-corrected chi connectivity index (χ0v) is 12.1. The number of benzene rings is 2. The Balaban J connectivity index is 2.11. The fourth-order valence-corrected chi connectivity index (χ4v) is 2.08. The van der Waals surface area contributed by atoms with E-state index in [1.165, 1.54) is 11.1 Å². The van der Waals surface area contributed by atoms with Crippen molar-refractivity contribution in [1.29, 1.82) is 0 Å². The highest BCUT2D eigenvalue weighted by Crippen LogP contribution is 2.18. The molecule has 0 amide bonds. The molecule has 0 atom stereocenters. The Morgan fingerprint density at radius 2 is 1.80 bits per heavy atom. The van der Waals surface area contributed by atoms with Crippen molar-refractivity contribution in [3.8, 4) is 0 Å². The molecule has 0 fully saturated rings. The second-order valence-electron chi connectivity index (χ2n) is 5.03. The van der Waals surface area contributed by atoms with Crippen LogP contribution in [0.1, 0.15) is 32.6 Å². The van der Waals surface area contributed by atoms with E-state index < -0.39 is 0 Å². The van der Waals surface area contributed by atoms with Crippen molar-refractivity contribution >= 4 is 11.7 Å². The van der Waals surface area contributed by atoms with Crippen LogP contribution in [0.25, 0.3) is 0 Å². The zero-order valence-electron chi connectivity index (χ0n) is 12.1. The van der Waals surface area contributed by atoms with Gasteiger partial charge in [0.1, 0.15) is 6.61 Å². The normalized spacial score (nSPS) is 10.3. The van der Waals surface area contributed by atoms with E-state index in [4.69, 9.17) is 10.5 Å². The number of nitrogen functional groups attached to an aromatic ring is 1. The number of hydrogen-bond donors (Lipinski definition) is 1. The lowest BCUT2D eigenvalue weighted by Crippen LogP contribution is -2.10. The fourth-order valence-electron chi connectivity index (χ4n) is 2.08. The standard InChI is InChI=1S/C17H19NO2/c1-11-7-8-14(9-13(11)3)10-20-17(19)16-12(2)5-4-6-15(16)18/h4-9H,10,18H2,1-3H3. The molecule has 0 radical (unpaired) electrons.